The van der Waals surface area contributed by atoms with Gasteiger partial charge in [-0.3, -0.25) is 4.79 Å². The Morgan fingerprint density at radius 1 is 1.64 bits per heavy atom. The molecule has 4 heteroatoms. The Balaban J connectivity index is 2.53. The van der Waals surface area contributed by atoms with E-state index in [9.17, 15) is 13.6 Å². The predicted molar refractivity (Wildman–Crippen MR) is 34.5 cm³/mol. The normalized spacial score (nSPS) is 33.4. The van der Waals surface area contributed by atoms with Gasteiger partial charge in [0.25, 0.3) is 5.92 Å². The molecule has 0 aromatic heterocycles. The minimum Gasteiger partial charge on any atom is -0.481 e. The predicted octanol–water partition coefficient (Wildman–Crippen LogP) is 1.75. The molecule has 0 aromatic carbocycles. The van der Waals surface area contributed by atoms with Crippen molar-refractivity contribution in [2.75, 3.05) is 0 Å². The van der Waals surface area contributed by atoms with E-state index in [1.54, 1.807) is 6.92 Å². The number of rotatable bonds is 3. The van der Waals surface area contributed by atoms with Crippen LogP contribution in [-0.4, -0.2) is 17.0 Å². The van der Waals surface area contributed by atoms with E-state index in [-0.39, 0.29) is 0 Å². The highest BCUT2D eigenvalue weighted by Crippen LogP contribution is 2.57. The Morgan fingerprint density at radius 2 is 2.18 bits per heavy atom. The van der Waals surface area contributed by atoms with Crippen molar-refractivity contribution in [3.8, 4) is 0 Å². The SMILES string of the molecule is CCCC1C(C(=O)O)C1(F)F. The first-order valence-corrected chi connectivity index (χ1v) is 3.62. The molecule has 2 nitrogen and oxygen atoms in total. The van der Waals surface area contributed by atoms with Gasteiger partial charge in [0.1, 0.15) is 5.92 Å². The number of hydrogen-bond acceptors (Lipinski definition) is 1. The van der Waals surface area contributed by atoms with Crippen LogP contribution < -0.4 is 0 Å². The monoisotopic (exact) mass is 164 g/mol. The molecule has 0 bridgehead atoms. The van der Waals surface area contributed by atoms with Crippen molar-refractivity contribution in [3.05, 3.63) is 0 Å². The maximum absolute atomic E-state index is 12.5. The summed E-state index contributed by atoms with van der Waals surface area (Å²) in [6.45, 7) is 1.77. The van der Waals surface area contributed by atoms with E-state index >= 15 is 0 Å². The lowest BCUT2D eigenvalue weighted by Crippen LogP contribution is -2.04. The molecule has 1 saturated carbocycles. The van der Waals surface area contributed by atoms with E-state index in [1.165, 1.54) is 0 Å². The number of alkyl halides is 2. The van der Waals surface area contributed by atoms with Crippen LogP contribution in [0.3, 0.4) is 0 Å². The maximum atomic E-state index is 12.5. The van der Waals surface area contributed by atoms with Crippen molar-refractivity contribution in [1.82, 2.24) is 0 Å². The summed E-state index contributed by atoms with van der Waals surface area (Å²) < 4.78 is 25.0. The highest BCUT2D eigenvalue weighted by atomic mass is 19.3. The lowest BCUT2D eigenvalue weighted by atomic mass is 10.2. The molecule has 1 fully saturated rings. The molecule has 0 heterocycles. The van der Waals surface area contributed by atoms with Gasteiger partial charge < -0.3 is 5.11 Å². The third-order valence-corrected chi connectivity index (χ3v) is 2.07. The van der Waals surface area contributed by atoms with Crippen molar-refractivity contribution in [2.45, 2.75) is 25.7 Å². The van der Waals surface area contributed by atoms with Gasteiger partial charge in [0.15, 0.2) is 0 Å². The van der Waals surface area contributed by atoms with Gasteiger partial charge in [-0.2, -0.15) is 0 Å². The van der Waals surface area contributed by atoms with E-state index in [0.29, 0.717) is 12.8 Å². The Bertz CT molecular complexity index is 179. The number of hydrogen-bond donors (Lipinski definition) is 1. The average Bonchev–Trinajstić information content (AvgIpc) is 2.35. The lowest BCUT2D eigenvalue weighted by molar-refractivity contribution is -0.140. The largest absolute Gasteiger partial charge is 0.481 e. The van der Waals surface area contributed by atoms with Crippen LogP contribution in [0, 0.1) is 11.8 Å². The third kappa shape index (κ3) is 1.21. The van der Waals surface area contributed by atoms with E-state index in [4.69, 9.17) is 5.11 Å². The molecule has 1 aliphatic rings. The number of carboxylic acids is 1. The van der Waals surface area contributed by atoms with Crippen LogP contribution in [0.2, 0.25) is 0 Å². The number of aliphatic carboxylic acids is 1. The molecule has 2 unspecified atom stereocenters. The Labute approximate surface area is 63.2 Å². The zero-order chi connectivity index (χ0) is 8.65. The van der Waals surface area contributed by atoms with Gasteiger partial charge in [0.2, 0.25) is 0 Å². The van der Waals surface area contributed by atoms with Gasteiger partial charge in [-0.15, -0.1) is 0 Å². The topological polar surface area (TPSA) is 37.3 Å². The molecular formula is C7H10F2O2. The van der Waals surface area contributed by atoms with Crippen LogP contribution >= 0.6 is 0 Å². The highest BCUT2D eigenvalue weighted by molar-refractivity contribution is 5.75. The summed E-state index contributed by atoms with van der Waals surface area (Å²) in [4.78, 5) is 10.2. The minimum atomic E-state index is -2.94. The van der Waals surface area contributed by atoms with Crippen molar-refractivity contribution >= 4 is 5.97 Å². The molecule has 64 valence electrons. The molecule has 2 atom stereocenters. The summed E-state index contributed by atoms with van der Waals surface area (Å²) in [5, 5.41) is 8.31. The second kappa shape index (κ2) is 2.43. The van der Waals surface area contributed by atoms with E-state index in [2.05, 4.69) is 0 Å². The molecule has 0 amide bonds. The number of carbonyl (C=O) groups is 1. The van der Waals surface area contributed by atoms with Crippen molar-refractivity contribution in [3.63, 3.8) is 0 Å². The van der Waals surface area contributed by atoms with Crippen LogP contribution in [0.4, 0.5) is 8.78 Å². The van der Waals surface area contributed by atoms with Gasteiger partial charge in [-0.25, -0.2) is 8.78 Å². The van der Waals surface area contributed by atoms with Crippen molar-refractivity contribution < 1.29 is 18.7 Å². The van der Waals surface area contributed by atoms with Gasteiger partial charge >= 0.3 is 5.97 Å². The Morgan fingerprint density at radius 3 is 2.45 bits per heavy atom. The standard InChI is InChI=1S/C7H10F2O2/c1-2-3-4-5(6(10)11)7(4,8)9/h4-5H,2-3H2,1H3,(H,10,11). The molecule has 0 radical (unpaired) electrons. The van der Waals surface area contributed by atoms with Crippen LogP contribution in [0.25, 0.3) is 0 Å². The molecule has 0 spiro atoms. The van der Waals surface area contributed by atoms with Crippen LogP contribution in [0.1, 0.15) is 19.8 Å². The fourth-order valence-electron chi connectivity index (χ4n) is 1.40. The minimum absolute atomic E-state index is 0.309. The van der Waals surface area contributed by atoms with Crippen LogP contribution in [0.5, 0.6) is 0 Å². The number of carboxylic acid groups (broad SMARTS) is 1. The van der Waals surface area contributed by atoms with Gasteiger partial charge in [-0.05, 0) is 6.42 Å². The summed E-state index contributed by atoms with van der Waals surface area (Å²) in [5.41, 5.74) is 0. The van der Waals surface area contributed by atoms with E-state index in [0.717, 1.165) is 0 Å². The highest BCUT2D eigenvalue weighted by Gasteiger charge is 2.71. The molecule has 1 aliphatic carbocycles. The molecule has 1 N–H and O–H groups in total. The fraction of sp³-hybridized carbons (Fsp3) is 0.857. The molecule has 11 heavy (non-hydrogen) atoms. The van der Waals surface area contributed by atoms with Crippen LogP contribution in [-0.2, 0) is 4.79 Å². The summed E-state index contributed by atoms with van der Waals surface area (Å²) in [5.74, 6) is -6.64. The van der Waals surface area contributed by atoms with Crippen molar-refractivity contribution in [2.24, 2.45) is 11.8 Å². The van der Waals surface area contributed by atoms with Crippen molar-refractivity contribution in [1.29, 1.82) is 0 Å². The van der Waals surface area contributed by atoms with Crippen LogP contribution in [0.15, 0.2) is 0 Å². The summed E-state index contributed by atoms with van der Waals surface area (Å²) in [6.07, 6.45) is 0.925. The molecular weight excluding hydrogens is 154 g/mol. The lowest BCUT2D eigenvalue weighted by Gasteiger charge is -1.90. The van der Waals surface area contributed by atoms with Gasteiger partial charge in [0, 0.05) is 5.92 Å². The second-order valence-corrected chi connectivity index (χ2v) is 2.89. The van der Waals surface area contributed by atoms with Gasteiger partial charge in [-0.1, -0.05) is 13.3 Å². The fourth-order valence-corrected chi connectivity index (χ4v) is 1.40. The maximum Gasteiger partial charge on any atom is 0.313 e. The average molecular weight is 164 g/mol. The number of halogens is 2. The van der Waals surface area contributed by atoms with E-state index in [1.807, 2.05) is 0 Å². The first-order valence-electron chi connectivity index (χ1n) is 3.62. The smallest absolute Gasteiger partial charge is 0.313 e. The summed E-state index contributed by atoms with van der Waals surface area (Å²) >= 11 is 0. The molecule has 0 aliphatic heterocycles. The van der Waals surface area contributed by atoms with Gasteiger partial charge in [0.05, 0.1) is 0 Å². The first-order chi connectivity index (χ1) is 5.01. The third-order valence-electron chi connectivity index (χ3n) is 2.07. The second-order valence-electron chi connectivity index (χ2n) is 2.89. The Kier molecular flexibility index (Phi) is 1.86. The summed E-state index contributed by atoms with van der Waals surface area (Å²) in [6, 6.07) is 0. The summed E-state index contributed by atoms with van der Waals surface area (Å²) in [7, 11) is 0. The molecule has 0 aromatic rings. The zero-order valence-electron chi connectivity index (χ0n) is 6.18. The van der Waals surface area contributed by atoms with E-state index < -0.39 is 23.7 Å². The Hall–Kier alpha value is -0.670. The molecule has 1 rings (SSSR count). The first kappa shape index (κ1) is 8.43. The quantitative estimate of drug-likeness (QED) is 0.689. The molecule has 0 saturated heterocycles. The zero-order valence-corrected chi connectivity index (χ0v) is 6.18.